The van der Waals surface area contributed by atoms with Gasteiger partial charge in [0.15, 0.2) is 0 Å². The molecule has 1 aromatic rings. The molecule has 0 aromatic carbocycles. The number of ether oxygens (including phenoxy) is 2. The lowest BCUT2D eigenvalue weighted by Gasteiger charge is -2.28. The second kappa shape index (κ2) is 8.12. The number of halogens is 1. The van der Waals surface area contributed by atoms with Crippen molar-refractivity contribution in [1.82, 2.24) is 10.3 Å². The monoisotopic (exact) mass is 342 g/mol. The smallest absolute Gasteiger partial charge is 0.326 e. The molecule has 2 atom stereocenters. The van der Waals surface area contributed by atoms with Crippen LogP contribution in [0, 0.1) is 5.92 Å². The Kier molecular flexibility index (Phi) is 6.18. The standard InChI is InChI=1S/C15H19ClN2O5/c1-2-23-14-11(16)6-10(7-17-14)13(19)18-12(15(20)21)9-4-3-5-22-8-9/h6-7,9,12H,2-5,8H2,1H3,(H,18,19)(H,20,21). The minimum Gasteiger partial charge on any atom is -0.480 e. The van der Waals surface area contributed by atoms with Crippen LogP contribution in [0.1, 0.15) is 30.1 Å². The van der Waals surface area contributed by atoms with Crippen molar-refractivity contribution in [2.24, 2.45) is 5.92 Å². The molecule has 0 spiro atoms. The first-order chi connectivity index (χ1) is 11.0. The van der Waals surface area contributed by atoms with E-state index in [2.05, 4.69) is 10.3 Å². The molecule has 23 heavy (non-hydrogen) atoms. The maximum absolute atomic E-state index is 12.3. The zero-order valence-electron chi connectivity index (χ0n) is 12.8. The van der Waals surface area contributed by atoms with Crippen LogP contribution in [0.25, 0.3) is 0 Å². The number of nitrogens with zero attached hydrogens (tertiary/aromatic N) is 1. The van der Waals surface area contributed by atoms with Gasteiger partial charge in [-0.05, 0) is 25.8 Å². The van der Waals surface area contributed by atoms with Gasteiger partial charge in [-0.1, -0.05) is 11.6 Å². The Bertz CT molecular complexity index is 575. The van der Waals surface area contributed by atoms with E-state index in [1.165, 1.54) is 12.3 Å². The van der Waals surface area contributed by atoms with Crippen LogP contribution < -0.4 is 10.1 Å². The Morgan fingerprint density at radius 3 is 2.96 bits per heavy atom. The molecule has 0 bridgehead atoms. The lowest BCUT2D eigenvalue weighted by Crippen LogP contribution is -2.48. The van der Waals surface area contributed by atoms with Crippen molar-refractivity contribution >= 4 is 23.5 Å². The lowest BCUT2D eigenvalue weighted by molar-refractivity contribution is -0.142. The molecule has 1 saturated heterocycles. The summed E-state index contributed by atoms with van der Waals surface area (Å²) < 4.78 is 10.5. The predicted molar refractivity (Wildman–Crippen MR) is 82.8 cm³/mol. The van der Waals surface area contributed by atoms with Gasteiger partial charge in [-0.3, -0.25) is 4.79 Å². The van der Waals surface area contributed by atoms with E-state index >= 15 is 0 Å². The summed E-state index contributed by atoms with van der Waals surface area (Å²) in [6.45, 7) is 3.14. The third-order valence-electron chi connectivity index (χ3n) is 3.57. The molecule has 0 saturated carbocycles. The maximum atomic E-state index is 12.3. The normalized spacial score (nSPS) is 19.0. The Hall–Kier alpha value is -1.86. The summed E-state index contributed by atoms with van der Waals surface area (Å²) in [5, 5.41) is 12.1. The predicted octanol–water partition coefficient (Wildman–Crippen LogP) is 1.74. The zero-order chi connectivity index (χ0) is 16.8. The van der Waals surface area contributed by atoms with E-state index in [0.717, 1.165) is 6.42 Å². The zero-order valence-corrected chi connectivity index (χ0v) is 13.5. The quantitative estimate of drug-likeness (QED) is 0.817. The number of aliphatic carboxylic acids is 1. The van der Waals surface area contributed by atoms with E-state index in [0.29, 0.717) is 26.2 Å². The van der Waals surface area contributed by atoms with Crippen molar-refractivity contribution in [2.45, 2.75) is 25.8 Å². The van der Waals surface area contributed by atoms with Crippen LogP contribution in [0.3, 0.4) is 0 Å². The third kappa shape index (κ3) is 4.56. The first-order valence-electron chi connectivity index (χ1n) is 7.42. The molecular formula is C15H19ClN2O5. The highest BCUT2D eigenvalue weighted by Gasteiger charge is 2.31. The molecule has 1 amide bonds. The summed E-state index contributed by atoms with van der Waals surface area (Å²) in [6, 6.07) is 0.402. The largest absolute Gasteiger partial charge is 0.480 e. The number of hydrogen-bond acceptors (Lipinski definition) is 5. The van der Waals surface area contributed by atoms with Crippen LogP contribution in [0.4, 0.5) is 0 Å². The van der Waals surface area contributed by atoms with E-state index < -0.39 is 17.9 Å². The summed E-state index contributed by atoms with van der Waals surface area (Å²) >= 11 is 6.00. The average Bonchev–Trinajstić information content (AvgIpc) is 2.55. The maximum Gasteiger partial charge on any atom is 0.326 e. The highest BCUT2D eigenvalue weighted by Crippen LogP contribution is 2.23. The van der Waals surface area contributed by atoms with Crippen LogP contribution in [0.15, 0.2) is 12.3 Å². The van der Waals surface area contributed by atoms with Gasteiger partial charge in [0.05, 0.1) is 18.8 Å². The molecule has 2 heterocycles. The van der Waals surface area contributed by atoms with E-state index in [4.69, 9.17) is 21.1 Å². The second-order valence-electron chi connectivity index (χ2n) is 5.21. The van der Waals surface area contributed by atoms with Crippen LogP contribution in [0.2, 0.25) is 5.02 Å². The molecule has 1 aliphatic rings. The molecule has 1 aliphatic heterocycles. The van der Waals surface area contributed by atoms with Gasteiger partial charge >= 0.3 is 5.97 Å². The highest BCUT2D eigenvalue weighted by atomic mass is 35.5. The van der Waals surface area contributed by atoms with Crippen molar-refractivity contribution in [2.75, 3.05) is 19.8 Å². The Morgan fingerprint density at radius 1 is 1.61 bits per heavy atom. The number of rotatable bonds is 6. The first kappa shape index (κ1) is 17.5. The molecule has 7 nitrogen and oxygen atoms in total. The number of carbonyl (C=O) groups excluding carboxylic acids is 1. The van der Waals surface area contributed by atoms with Gasteiger partial charge in [0.1, 0.15) is 11.1 Å². The summed E-state index contributed by atoms with van der Waals surface area (Å²) in [4.78, 5) is 27.7. The van der Waals surface area contributed by atoms with Crippen molar-refractivity contribution in [3.8, 4) is 5.88 Å². The van der Waals surface area contributed by atoms with Gasteiger partial charge in [-0.15, -0.1) is 0 Å². The van der Waals surface area contributed by atoms with E-state index in [1.54, 1.807) is 6.92 Å². The second-order valence-corrected chi connectivity index (χ2v) is 5.62. The lowest BCUT2D eigenvalue weighted by atomic mass is 9.93. The number of pyridine rings is 1. The van der Waals surface area contributed by atoms with Crippen LogP contribution in [-0.4, -0.2) is 47.8 Å². The molecule has 2 N–H and O–H groups in total. The van der Waals surface area contributed by atoms with Gasteiger partial charge < -0.3 is 19.9 Å². The minimum absolute atomic E-state index is 0.182. The van der Waals surface area contributed by atoms with Crippen molar-refractivity contribution in [1.29, 1.82) is 0 Å². The number of nitrogens with one attached hydrogen (secondary N) is 1. The number of carboxylic acid groups (broad SMARTS) is 1. The molecule has 0 aliphatic carbocycles. The highest BCUT2D eigenvalue weighted by molar-refractivity contribution is 6.32. The topological polar surface area (TPSA) is 97.8 Å². The Labute approximate surface area is 138 Å². The van der Waals surface area contributed by atoms with E-state index in [-0.39, 0.29) is 22.4 Å². The van der Waals surface area contributed by atoms with Gasteiger partial charge in [-0.25, -0.2) is 9.78 Å². The first-order valence-corrected chi connectivity index (χ1v) is 7.80. The minimum atomic E-state index is -1.08. The molecule has 8 heteroatoms. The summed E-state index contributed by atoms with van der Waals surface area (Å²) in [6.07, 6.45) is 2.78. The number of carbonyl (C=O) groups is 2. The molecule has 1 aromatic heterocycles. The van der Waals surface area contributed by atoms with Crippen molar-refractivity contribution in [3.63, 3.8) is 0 Å². The molecule has 126 valence electrons. The van der Waals surface area contributed by atoms with Crippen molar-refractivity contribution < 1.29 is 24.2 Å². The van der Waals surface area contributed by atoms with Crippen LogP contribution in [0.5, 0.6) is 5.88 Å². The summed E-state index contributed by atoms with van der Waals surface area (Å²) in [5.74, 6) is -1.64. The Morgan fingerprint density at radius 2 is 2.39 bits per heavy atom. The fourth-order valence-electron chi connectivity index (χ4n) is 2.43. The molecule has 1 fully saturated rings. The molecular weight excluding hydrogens is 324 g/mol. The van der Waals surface area contributed by atoms with Crippen molar-refractivity contribution in [3.05, 3.63) is 22.8 Å². The third-order valence-corrected chi connectivity index (χ3v) is 3.84. The van der Waals surface area contributed by atoms with E-state index in [9.17, 15) is 14.7 Å². The Balaban J connectivity index is 2.09. The van der Waals surface area contributed by atoms with Gasteiger partial charge in [0, 0.05) is 18.7 Å². The fraction of sp³-hybridized carbons (Fsp3) is 0.533. The number of aromatic nitrogens is 1. The van der Waals surface area contributed by atoms with Crippen LogP contribution in [-0.2, 0) is 9.53 Å². The summed E-state index contributed by atoms with van der Waals surface area (Å²) in [5.41, 5.74) is 0.182. The molecule has 0 radical (unpaired) electrons. The van der Waals surface area contributed by atoms with E-state index in [1.807, 2.05) is 0 Å². The van der Waals surface area contributed by atoms with Crippen LogP contribution >= 0.6 is 11.6 Å². The SMILES string of the molecule is CCOc1ncc(C(=O)NC(C(=O)O)C2CCCOC2)cc1Cl. The average molecular weight is 343 g/mol. The fourth-order valence-corrected chi connectivity index (χ4v) is 2.65. The number of hydrogen-bond donors (Lipinski definition) is 2. The van der Waals surface area contributed by atoms with Gasteiger partial charge in [0.25, 0.3) is 5.91 Å². The van der Waals surface area contributed by atoms with Gasteiger partial charge in [0.2, 0.25) is 5.88 Å². The van der Waals surface area contributed by atoms with Gasteiger partial charge in [-0.2, -0.15) is 0 Å². The molecule has 2 rings (SSSR count). The summed E-state index contributed by atoms with van der Waals surface area (Å²) in [7, 11) is 0. The molecule has 2 unspecified atom stereocenters. The number of amides is 1. The number of carboxylic acids is 1.